The van der Waals surface area contributed by atoms with Gasteiger partial charge in [0.15, 0.2) is 5.11 Å². The van der Waals surface area contributed by atoms with Crippen molar-refractivity contribution in [1.29, 1.82) is 5.26 Å². The fourth-order valence-corrected chi connectivity index (χ4v) is 5.55. The summed E-state index contributed by atoms with van der Waals surface area (Å²) in [5.41, 5.74) is 2.34. The van der Waals surface area contributed by atoms with E-state index in [-0.39, 0.29) is 11.0 Å². The fourth-order valence-electron chi connectivity index (χ4n) is 3.55. The smallest absolute Gasteiger partial charge is 0.258 e. The molecule has 2 N–H and O–H groups in total. The Morgan fingerprint density at radius 2 is 1.89 bits per heavy atom. The van der Waals surface area contributed by atoms with E-state index in [1.54, 1.807) is 17.4 Å². The van der Waals surface area contributed by atoms with E-state index < -0.39 is 0 Å². The van der Waals surface area contributed by atoms with Crippen LogP contribution in [0.1, 0.15) is 39.2 Å². The van der Waals surface area contributed by atoms with Gasteiger partial charge in [-0.1, -0.05) is 40.2 Å². The van der Waals surface area contributed by atoms with Crippen LogP contribution in [0.15, 0.2) is 40.9 Å². The van der Waals surface area contributed by atoms with Crippen molar-refractivity contribution in [2.45, 2.75) is 25.7 Å². The van der Waals surface area contributed by atoms with Crippen LogP contribution in [0.2, 0.25) is 0 Å². The molecule has 7 heteroatoms. The number of thiophene rings is 1. The van der Waals surface area contributed by atoms with E-state index in [2.05, 4.69) is 32.6 Å². The number of nitrogens with zero attached hydrogens (tertiary/aromatic N) is 1. The minimum absolute atomic E-state index is 0.201. The molecule has 2 aromatic carbocycles. The zero-order valence-corrected chi connectivity index (χ0v) is 18.1. The zero-order chi connectivity index (χ0) is 19.7. The molecular formula is C21H16BrN3OS2. The Bertz CT molecular complexity index is 1150. The molecule has 0 atom stereocenters. The zero-order valence-electron chi connectivity index (χ0n) is 14.8. The number of halogens is 1. The van der Waals surface area contributed by atoms with E-state index in [4.69, 9.17) is 12.2 Å². The van der Waals surface area contributed by atoms with Crippen molar-refractivity contribution >= 4 is 66.3 Å². The summed E-state index contributed by atoms with van der Waals surface area (Å²) < 4.78 is 0.933. The van der Waals surface area contributed by atoms with Gasteiger partial charge in [-0.05, 0) is 66.4 Å². The number of anilines is 1. The molecule has 4 rings (SSSR count). The van der Waals surface area contributed by atoms with Crippen molar-refractivity contribution in [2.24, 2.45) is 0 Å². The molecule has 0 spiro atoms. The van der Waals surface area contributed by atoms with Crippen LogP contribution >= 0.6 is 39.5 Å². The van der Waals surface area contributed by atoms with Gasteiger partial charge in [0.25, 0.3) is 5.91 Å². The van der Waals surface area contributed by atoms with Gasteiger partial charge in [0, 0.05) is 14.9 Å². The third-order valence-electron chi connectivity index (χ3n) is 4.85. The summed E-state index contributed by atoms with van der Waals surface area (Å²) in [6.45, 7) is 0. The molecular weight excluding hydrogens is 454 g/mol. The normalized spacial score (nSPS) is 12.9. The molecule has 0 bridgehead atoms. The van der Waals surface area contributed by atoms with E-state index in [0.29, 0.717) is 11.1 Å². The predicted molar refractivity (Wildman–Crippen MR) is 121 cm³/mol. The first-order valence-electron chi connectivity index (χ1n) is 8.92. The number of hydrogen-bond donors (Lipinski definition) is 2. The van der Waals surface area contributed by atoms with Crippen LogP contribution < -0.4 is 10.6 Å². The van der Waals surface area contributed by atoms with Crippen LogP contribution in [-0.2, 0) is 12.8 Å². The van der Waals surface area contributed by atoms with E-state index in [0.717, 1.165) is 51.5 Å². The molecule has 0 unspecified atom stereocenters. The van der Waals surface area contributed by atoms with E-state index in [1.165, 1.54) is 4.88 Å². The fraction of sp³-hybridized carbons (Fsp3) is 0.190. The first-order chi connectivity index (χ1) is 13.6. The summed E-state index contributed by atoms with van der Waals surface area (Å²) in [5, 5.41) is 18.1. The van der Waals surface area contributed by atoms with Crippen molar-refractivity contribution < 1.29 is 4.79 Å². The number of benzene rings is 2. The lowest BCUT2D eigenvalue weighted by Gasteiger charge is -2.11. The first-order valence-corrected chi connectivity index (χ1v) is 10.9. The van der Waals surface area contributed by atoms with Crippen molar-refractivity contribution in [3.05, 3.63) is 62.4 Å². The Labute approximate surface area is 180 Å². The number of aryl methyl sites for hydroxylation is 1. The van der Waals surface area contributed by atoms with Gasteiger partial charge in [-0.15, -0.1) is 11.3 Å². The molecule has 1 aromatic heterocycles. The number of amides is 1. The maximum atomic E-state index is 12.8. The third-order valence-corrected chi connectivity index (χ3v) is 6.95. The minimum atomic E-state index is -0.277. The molecule has 0 radical (unpaired) electrons. The second-order valence-corrected chi connectivity index (χ2v) is 8.94. The topological polar surface area (TPSA) is 64.9 Å². The largest absolute Gasteiger partial charge is 0.323 e. The van der Waals surface area contributed by atoms with E-state index >= 15 is 0 Å². The summed E-state index contributed by atoms with van der Waals surface area (Å²) in [6, 6.07) is 13.6. The average Bonchev–Trinajstić information content (AvgIpc) is 3.04. The molecule has 1 amide bonds. The van der Waals surface area contributed by atoms with Crippen LogP contribution in [0.4, 0.5) is 5.00 Å². The van der Waals surface area contributed by atoms with Crippen molar-refractivity contribution in [2.75, 3.05) is 5.32 Å². The molecule has 0 saturated carbocycles. The number of carbonyl (C=O) groups is 1. The lowest BCUT2D eigenvalue weighted by molar-refractivity contribution is 0.0979. The number of carbonyl (C=O) groups excluding carboxylic acids is 1. The lowest BCUT2D eigenvalue weighted by atomic mass is 9.96. The van der Waals surface area contributed by atoms with Crippen molar-refractivity contribution in [3.63, 3.8) is 0 Å². The number of nitrogens with one attached hydrogen (secondary N) is 2. The van der Waals surface area contributed by atoms with E-state index in [9.17, 15) is 10.1 Å². The summed E-state index contributed by atoms with van der Waals surface area (Å²) in [5.74, 6) is -0.277. The molecule has 28 heavy (non-hydrogen) atoms. The summed E-state index contributed by atoms with van der Waals surface area (Å²) in [7, 11) is 0. The molecule has 0 aliphatic heterocycles. The van der Waals surface area contributed by atoms with Gasteiger partial charge >= 0.3 is 0 Å². The summed E-state index contributed by atoms with van der Waals surface area (Å²) in [6.07, 6.45) is 4.19. The van der Waals surface area contributed by atoms with Crippen LogP contribution in [-0.4, -0.2) is 11.0 Å². The maximum absolute atomic E-state index is 12.8. The monoisotopic (exact) mass is 469 g/mol. The van der Waals surface area contributed by atoms with Crippen LogP contribution in [0.3, 0.4) is 0 Å². The highest BCUT2D eigenvalue weighted by Gasteiger charge is 2.21. The molecule has 3 aromatic rings. The lowest BCUT2D eigenvalue weighted by Crippen LogP contribution is -2.34. The minimum Gasteiger partial charge on any atom is -0.323 e. The van der Waals surface area contributed by atoms with Crippen LogP contribution in [0.5, 0.6) is 0 Å². The first kappa shape index (κ1) is 19.1. The number of fused-ring (bicyclic) bond motifs is 2. The number of rotatable bonds is 2. The predicted octanol–water partition coefficient (Wildman–Crippen LogP) is 5.54. The standard InChI is InChI=1S/C21H16BrN3OS2/c22-17-9-4-6-12-13(17)7-3-8-15(12)19(26)24-21(27)25-20-16(11-23)14-5-1-2-10-18(14)28-20/h3-4,6-9H,1-2,5,10H2,(H2,24,25,26,27). The van der Waals surface area contributed by atoms with Gasteiger partial charge in [0.05, 0.1) is 5.56 Å². The van der Waals surface area contributed by atoms with Gasteiger partial charge in [0.1, 0.15) is 11.1 Å². The third kappa shape index (κ3) is 3.55. The maximum Gasteiger partial charge on any atom is 0.258 e. The highest BCUT2D eigenvalue weighted by Crippen LogP contribution is 2.37. The summed E-state index contributed by atoms with van der Waals surface area (Å²) in [4.78, 5) is 14.1. The highest BCUT2D eigenvalue weighted by atomic mass is 79.9. The van der Waals surface area contributed by atoms with Gasteiger partial charge in [0.2, 0.25) is 0 Å². The molecule has 1 heterocycles. The Morgan fingerprint density at radius 3 is 2.71 bits per heavy atom. The summed E-state index contributed by atoms with van der Waals surface area (Å²) >= 11 is 10.4. The molecule has 0 fully saturated rings. The SMILES string of the molecule is N#Cc1c(NC(=S)NC(=O)c2cccc3c(Br)cccc23)sc2c1CCCC2. The Balaban J connectivity index is 1.55. The average molecular weight is 470 g/mol. The van der Waals surface area contributed by atoms with Crippen molar-refractivity contribution in [3.8, 4) is 6.07 Å². The quantitative estimate of drug-likeness (QED) is 0.483. The van der Waals surface area contributed by atoms with Crippen LogP contribution in [0, 0.1) is 11.3 Å². The number of nitriles is 1. The van der Waals surface area contributed by atoms with E-state index in [1.807, 2.05) is 30.3 Å². The molecule has 0 saturated heterocycles. The second kappa shape index (κ2) is 8.00. The highest BCUT2D eigenvalue weighted by molar-refractivity contribution is 9.10. The van der Waals surface area contributed by atoms with Gasteiger partial charge in [-0.25, -0.2) is 0 Å². The van der Waals surface area contributed by atoms with Gasteiger partial charge in [-0.3, -0.25) is 10.1 Å². The second-order valence-electron chi connectivity index (χ2n) is 6.58. The number of thiocarbonyl (C=S) groups is 1. The Kier molecular flexibility index (Phi) is 5.44. The molecule has 1 aliphatic carbocycles. The molecule has 140 valence electrons. The number of hydrogen-bond acceptors (Lipinski definition) is 4. The molecule has 4 nitrogen and oxygen atoms in total. The van der Waals surface area contributed by atoms with Crippen LogP contribution in [0.25, 0.3) is 10.8 Å². The Morgan fingerprint density at radius 1 is 1.14 bits per heavy atom. The molecule has 1 aliphatic rings. The van der Waals surface area contributed by atoms with Gasteiger partial charge < -0.3 is 5.32 Å². The van der Waals surface area contributed by atoms with Crippen molar-refractivity contribution in [1.82, 2.24) is 5.32 Å². The van der Waals surface area contributed by atoms with Gasteiger partial charge in [-0.2, -0.15) is 5.26 Å². The Hall–Kier alpha value is -2.27.